The molecule has 0 amide bonds. The molecule has 18 heavy (non-hydrogen) atoms. The summed E-state index contributed by atoms with van der Waals surface area (Å²) in [5.74, 6) is 0.746. The number of rotatable bonds is 2. The van der Waals surface area contributed by atoms with Crippen molar-refractivity contribution in [2.24, 2.45) is 0 Å². The third kappa shape index (κ3) is 2.34. The third-order valence-corrected chi connectivity index (χ3v) is 3.90. The third-order valence-electron chi connectivity index (χ3n) is 3.11. The van der Waals surface area contributed by atoms with Gasteiger partial charge in [-0.05, 0) is 30.4 Å². The molecule has 0 aromatic carbocycles. The highest BCUT2D eigenvalue weighted by Gasteiger charge is 2.18. The van der Waals surface area contributed by atoms with E-state index in [2.05, 4.69) is 19.2 Å². The number of aromatic nitrogens is 3. The minimum atomic E-state index is -0.169. The molecule has 1 aliphatic heterocycles. The van der Waals surface area contributed by atoms with Crippen molar-refractivity contribution in [2.45, 2.75) is 18.9 Å². The zero-order valence-electron chi connectivity index (χ0n) is 9.86. The molecule has 94 valence electrons. The fourth-order valence-corrected chi connectivity index (χ4v) is 2.61. The van der Waals surface area contributed by atoms with Crippen LogP contribution >= 0.6 is 11.5 Å². The molecule has 0 unspecified atom stereocenters. The van der Waals surface area contributed by atoms with Crippen LogP contribution in [0.2, 0.25) is 0 Å². The van der Waals surface area contributed by atoms with Gasteiger partial charge in [0.25, 0.3) is 0 Å². The number of aliphatic hydroxyl groups excluding tert-OH is 1. The Morgan fingerprint density at radius 3 is 2.56 bits per heavy atom. The summed E-state index contributed by atoms with van der Waals surface area (Å²) >= 11 is 1.44. The Labute approximate surface area is 109 Å². The van der Waals surface area contributed by atoms with Crippen LogP contribution in [0.1, 0.15) is 12.8 Å². The van der Waals surface area contributed by atoms with Crippen LogP contribution in [-0.2, 0) is 0 Å². The van der Waals surface area contributed by atoms with Crippen LogP contribution in [0.15, 0.2) is 24.7 Å². The SMILES string of the molecule is OC1CCN(c2ncc(-c3ccns3)cn2)CC1. The topological polar surface area (TPSA) is 62.1 Å². The molecule has 0 aliphatic carbocycles. The Bertz CT molecular complexity index is 491. The quantitative estimate of drug-likeness (QED) is 0.890. The van der Waals surface area contributed by atoms with E-state index in [9.17, 15) is 5.11 Å². The smallest absolute Gasteiger partial charge is 0.225 e. The molecule has 0 spiro atoms. The zero-order chi connectivity index (χ0) is 12.4. The van der Waals surface area contributed by atoms with Crippen LogP contribution in [0.5, 0.6) is 0 Å². The van der Waals surface area contributed by atoms with Crippen LogP contribution in [0, 0.1) is 0 Å². The molecule has 2 aromatic rings. The van der Waals surface area contributed by atoms with E-state index >= 15 is 0 Å². The summed E-state index contributed by atoms with van der Waals surface area (Å²) in [7, 11) is 0. The first-order valence-corrected chi connectivity index (χ1v) is 6.76. The molecule has 6 heteroatoms. The molecular weight excluding hydrogens is 248 g/mol. The average molecular weight is 262 g/mol. The highest BCUT2D eigenvalue weighted by Crippen LogP contribution is 2.23. The highest BCUT2D eigenvalue weighted by molar-refractivity contribution is 7.09. The van der Waals surface area contributed by atoms with Gasteiger partial charge in [-0.1, -0.05) is 0 Å². The summed E-state index contributed by atoms with van der Waals surface area (Å²) in [5.41, 5.74) is 0.998. The van der Waals surface area contributed by atoms with E-state index in [0.29, 0.717) is 0 Å². The molecule has 1 saturated heterocycles. The highest BCUT2D eigenvalue weighted by atomic mass is 32.1. The Hall–Kier alpha value is -1.53. The fraction of sp³-hybridized carbons (Fsp3) is 0.417. The van der Waals surface area contributed by atoms with Crippen molar-refractivity contribution in [3.8, 4) is 10.4 Å². The summed E-state index contributed by atoms with van der Waals surface area (Å²) in [6.07, 6.45) is 6.86. The van der Waals surface area contributed by atoms with Crippen LogP contribution in [-0.4, -0.2) is 38.6 Å². The van der Waals surface area contributed by atoms with Gasteiger partial charge in [0.15, 0.2) is 0 Å². The van der Waals surface area contributed by atoms with Gasteiger partial charge in [-0.25, -0.2) is 14.3 Å². The van der Waals surface area contributed by atoms with Gasteiger partial charge in [0.1, 0.15) is 0 Å². The van der Waals surface area contributed by atoms with Crippen molar-refractivity contribution >= 4 is 17.5 Å². The Morgan fingerprint density at radius 1 is 1.22 bits per heavy atom. The number of anilines is 1. The number of aliphatic hydroxyl groups is 1. The number of hydrogen-bond donors (Lipinski definition) is 1. The molecule has 0 atom stereocenters. The number of nitrogens with zero attached hydrogens (tertiary/aromatic N) is 4. The molecule has 0 saturated carbocycles. The van der Waals surface area contributed by atoms with Crippen molar-refractivity contribution in [1.82, 2.24) is 14.3 Å². The first-order valence-electron chi connectivity index (χ1n) is 5.99. The van der Waals surface area contributed by atoms with Crippen LogP contribution in [0.4, 0.5) is 5.95 Å². The lowest BCUT2D eigenvalue weighted by atomic mass is 10.1. The summed E-state index contributed by atoms with van der Waals surface area (Å²) in [4.78, 5) is 12.0. The van der Waals surface area contributed by atoms with Crippen LogP contribution in [0.3, 0.4) is 0 Å². The van der Waals surface area contributed by atoms with Gasteiger partial charge in [-0.3, -0.25) is 0 Å². The van der Waals surface area contributed by atoms with Gasteiger partial charge in [0, 0.05) is 37.2 Å². The predicted molar refractivity (Wildman–Crippen MR) is 70.6 cm³/mol. The lowest BCUT2D eigenvalue weighted by Crippen LogP contribution is -2.36. The number of piperidine rings is 1. The second-order valence-electron chi connectivity index (χ2n) is 4.37. The van der Waals surface area contributed by atoms with Crippen molar-refractivity contribution < 1.29 is 5.11 Å². The normalized spacial score (nSPS) is 17.1. The molecule has 1 N–H and O–H groups in total. The average Bonchev–Trinajstić information content (AvgIpc) is 2.94. The Kier molecular flexibility index (Phi) is 3.21. The summed E-state index contributed by atoms with van der Waals surface area (Å²) < 4.78 is 4.07. The molecule has 5 nitrogen and oxygen atoms in total. The molecule has 0 radical (unpaired) electrons. The minimum absolute atomic E-state index is 0.169. The molecule has 1 aliphatic rings. The van der Waals surface area contributed by atoms with Crippen molar-refractivity contribution in [1.29, 1.82) is 0 Å². The maximum Gasteiger partial charge on any atom is 0.225 e. The predicted octanol–water partition coefficient (Wildman–Crippen LogP) is 1.56. The Balaban J connectivity index is 1.75. The van der Waals surface area contributed by atoms with E-state index in [1.54, 1.807) is 6.20 Å². The van der Waals surface area contributed by atoms with Gasteiger partial charge in [0.05, 0.1) is 11.0 Å². The minimum Gasteiger partial charge on any atom is -0.393 e. The lowest BCUT2D eigenvalue weighted by Gasteiger charge is -2.29. The monoisotopic (exact) mass is 262 g/mol. The summed E-state index contributed by atoms with van der Waals surface area (Å²) in [5, 5.41) is 9.47. The maximum atomic E-state index is 9.47. The first kappa shape index (κ1) is 11.6. The molecule has 2 aromatic heterocycles. The standard InChI is InChI=1S/C12H14N4OS/c17-10-2-5-16(6-3-10)12-13-7-9(8-14-12)11-1-4-15-18-11/h1,4,7-8,10,17H,2-3,5-6H2. The fourth-order valence-electron chi connectivity index (χ4n) is 2.04. The molecular formula is C12H14N4OS. The lowest BCUT2D eigenvalue weighted by molar-refractivity contribution is 0.145. The second-order valence-corrected chi connectivity index (χ2v) is 5.20. The molecule has 3 heterocycles. The second kappa shape index (κ2) is 4.99. The number of hydrogen-bond acceptors (Lipinski definition) is 6. The van der Waals surface area contributed by atoms with E-state index in [1.807, 2.05) is 18.5 Å². The van der Waals surface area contributed by atoms with E-state index in [-0.39, 0.29) is 6.10 Å². The van der Waals surface area contributed by atoms with Crippen LogP contribution in [0.25, 0.3) is 10.4 Å². The zero-order valence-corrected chi connectivity index (χ0v) is 10.7. The molecule has 1 fully saturated rings. The molecule has 3 rings (SSSR count). The van der Waals surface area contributed by atoms with E-state index in [4.69, 9.17) is 0 Å². The van der Waals surface area contributed by atoms with E-state index < -0.39 is 0 Å². The van der Waals surface area contributed by atoms with Crippen molar-refractivity contribution in [2.75, 3.05) is 18.0 Å². The van der Waals surface area contributed by atoms with Gasteiger partial charge in [-0.15, -0.1) is 0 Å². The van der Waals surface area contributed by atoms with Gasteiger partial charge in [0.2, 0.25) is 5.95 Å². The van der Waals surface area contributed by atoms with Crippen molar-refractivity contribution in [3.05, 3.63) is 24.7 Å². The van der Waals surface area contributed by atoms with Crippen LogP contribution < -0.4 is 4.90 Å². The van der Waals surface area contributed by atoms with Gasteiger partial charge in [-0.2, -0.15) is 0 Å². The summed E-state index contributed by atoms with van der Waals surface area (Å²) in [6, 6.07) is 1.96. The Morgan fingerprint density at radius 2 is 1.94 bits per heavy atom. The van der Waals surface area contributed by atoms with E-state index in [0.717, 1.165) is 42.3 Å². The van der Waals surface area contributed by atoms with E-state index in [1.165, 1.54) is 11.5 Å². The first-order chi connectivity index (χ1) is 8.83. The van der Waals surface area contributed by atoms with Gasteiger partial charge < -0.3 is 10.0 Å². The maximum absolute atomic E-state index is 9.47. The van der Waals surface area contributed by atoms with Crippen molar-refractivity contribution in [3.63, 3.8) is 0 Å². The molecule has 0 bridgehead atoms. The largest absolute Gasteiger partial charge is 0.393 e. The van der Waals surface area contributed by atoms with Gasteiger partial charge >= 0.3 is 0 Å². The summed E-state index contributed by atoms with van der Waals surface area (Å²) in [6.45, 7) is 1.64.